The van der Waals surface area contributed by atoms with E-state index in [1.807, 2.05) is 30.3 Å². The Morgan fingerprint density at radius 2 is 1.48 bits per heavy atom. The standard InChI is InChI=1S/C16H14ClN3O7/c17-13(11-5-2-1-3-6-11)7-4-8-27-16-14(19(23)24)9-12(18(21)22)10-15(16)20(25)26/h1-3,5-6,9-10,13H,4,7-8H2. The van der Waals surface area contributed by atoms with Crippen LogP contribution in [0.15, 0.2) is 42.5 Å². The molecule has 0 aliphatic carbocycles. The number of rotatable bonds is 9. The summed E-state index contributed by atoms with van der Waals surface area (Å²) in [6.45, 7) is -0.0739. The molecule has 0 bridgehead atoms. The lowest BCUT2D eigenvalue weighted by molar-refractivity contribution is -0.404. The molecule has 0 aliphatic rings. The molecule has 0 aromatic heterocycles. The van der Waals surface area contributed by atoms with Gasteiger partial charge >= 0.3 is 11.4 Å². The number of non-ortho nitro benzene ring substituents is 1. The third-order valence-electron chi connectivity index (χ3n) is 3.65. The number of nitro groups is 3. The average Bonchev–Trinajstić information content (AvgIpc) is 2.64. The summed E-state index contributed by atoms with van der Waals surface area (Å²) in [5.74, 6) is -0.610. The van der Waals surface area contributed by atoms with Gasteiger partial charge in [0.05, 0.1) is 38.9 Å². The zero-order valence-electron chi connectivity index (χ0n) is 13.8. The highest BCUT2D eigenvalue weighted by molar-refractivity contribution is 6.20. The van der Waals surface area contributed by atoms with E-state index in [2.05, 4.69) is 0 Å². The molecule has 10 nitrogen and oxygen atoms in total. The predicted octanol–water partition coefficient (Wildman–Crippen LogP) is 4.55. The van der Waals surface area contributed by atoms with Crippen LogP contribution >= 0.6 is 11.6 Å². The molecule has 142 valence electrons. The summed E-state index contributed by atoms with van der Waals surface area (Å²) in [7, 11) is 0. The molecule has 2 aromatic rings. The molecule has 0 radical (unpaired) electrons. The van der Waals surface area contributed by atoms with Crippen molar-refractivity contribution < 1.29 is 19.5 Å². The molecule has 0 saturated heterocycles. The first-order chi connectivity index (χ1) is 12.8. The maximum absolute atomic E-state index is 11.2. The molecule has 0 heterocycles. The van der Waals surface area contributed by atoms with E-state index in [-0.39, 0.29) is 12.0 Å². The third-order valence-corrected chi connectivity index (χ3v) is 4.12. The smallest absolute Gasteiger partial charge is 0.325 e. The highest BCUT2D eigenvalue weighted by Gasteiger charge is 2.32. The van der Waals surface area contributed by atoms with Crippen LogP contribution in [0, 0.1) is 30.3 Å². The van der Waals surface area contributed by atoms with Crippen molar-refractivity contribution in [1.29, 1.82) is 0 Å². The van der Waals surface area contributed by atoms with Gasteiger partial charge in [-0.25, -0.2) is 0 Å². The average molecular weight is 396 g/mol. The van der Waals surface area contributed by atoms with Crippen LogP contribution < -0.4 is 4.74 Å². The van der Waals surface area contributed by atoms with Gasteiger partial charge in [0.2, 0.25) is 0 Å². The second-order valence-electron chi connectivity index (χ2n) is 5.45. The van der Waals surface area contributed by atoms with E-state index < -0.39 is 37.6 Å². The molecule has 0 spiro atoms. The Balaban J connectivity index is 2.14. The van der Waals surface area contributed by atoms with Gasteiger partial charge in [0.25, 0.3) is 11.4 Å². The van der Waals surface area contributed by atoms with E-state index in [4.69, 9.17) is 16.3 Å². The number of alkyl halides is 1. The van der Waals surface area contributed by atoms with Crippen LogP contribution in [0.2, 0.25) is 0 Å². The van der Waals surface area contributed by atoms with Crippen LogP contribution in [0.25, 0.3) is 0 Å². The maximum Gasteiger partial charge on any atom is 0.325 e. The summed E-state index contributed by atoms with van der Waals surface area (Å²) in [4.78, 5) is 30.3. The fraction of sp³-hybridized carbons (Fsp3) is 0.250. The molecule has 0 amide bonds. The van der Waals surface area contributed by atoms with Gasteiger partial charge in [0, 0.05) is 0 Å². The lowest BCUT2D eigenvalue weighted by atomic mass is 10.1. The SMILES string of the molecule is O=[N+]([O-])c1cc([N+](=O)[O-])c(OCCCC(Cl)c2ccccc2)c([N+](=O)[O-])c1. The van der Waals surface area contributed by atoms with Crippen LogP contribution in [-0.2, 0) is 0 Å². The van der Waals surface area contributed by atoms with Crippen molar-refractivity contribution in [2.75, 3.05) is 6.61 Å². The van der Waals surface area contributed by atoms with Crippen LogP contribution in [0.5, 0.6) is 5.75 Å². The van der Waals surface area contributed by atoms with Gasteiger partial charge in [0.1, 0.15) is 0 Å². The Morgan fingerprint density at radius 3 is 1.96 bits per heavy atom. The Bertz CT molecular complexity index is 825. The molecule has 1 unspecified atom stereocenters. The van der Waals surface area contributed by atoms with Crippen molar-refractivity contribution in [3.05, 3.63) is 78.4 Å². The zero-order chi connectivity index (χ0) is 20.0. The molecule has 0 N–H and O–H groups in total. The largest absolute Gasteiger partial charge is 0.482 e. The van der Waals surface area contributed by atoms with Crippen molar-refractivity contribution in [3.63, 3.8) is 0 Å². The highest BCUT2D eigenvalue weighted by Crippen LogP contribution is 2.40. The molecule has 0 aliphatic heterocycles. The normalized spacial score (nSPS) is 11.6. The van der Waals surface area contributed by atoms with Crippen molar-refractivity contribution in [2.45, 2.75) is 18.2 Å². The van der Waals surface area contributed by atoms with Crippen molar-refractivity contribution in [3.8, 4) is 5.75 Å². The fourth-order valence-corrected chi connectivity index (χ4v) is 2.67. The van der Waals surface area contributed by atoms with Crippen molar-refractivity contribution in [1.82, 2.24) is 0 Å². The van der Waals surface area contributed by atoms with E-state index >= 15 is 0 Å². The first kappa shape index (κ1) is 20.0. The lowest BCUT2D eigenvalue weighted by Crippen LogP contribution is -2.06. The topological polar surface area (TPSA) is 139 Å². The Labute approximate surface area is 157 Å². The van der Waals surface area contributed by atoms with E-state index in [0.29, 0.717) is 25.0 Å². The zero-order valence-corrected chi connectivity index (χ0v) is 14.6. The lowest BCUT2D eigenvalue weighted by Gasteiger charge is -2.11. The van der Waals surface area contributed by atoms with Crippen LogP contribution in [0.3, 0.4) is 0 Å². The van der Waals surface area contributed by atoms with E-state index in [1.165, 1.54) is 0 Å². The molecular weight excluding hydrogens is 382 g/mol. The number of hydrogen-bond donors (Lipinski definition) is 0. The van der Waals surface area contributed by atoms with Crippen LogP contribution in [0.1, 0.15) is 23.8 Å². The quantitative estimate of drug-likeness (QED) is 0.262. The van der Waals surface area contributed by atoms with Gasteiger partial charge in [0.15, 0.2) is 0 Å². The summed E-state index contributed by atoms with van der Waals surface area (Å²) in [5, 5.41) is 32.8. The van der Waals surface area contributed by atoms with E-state index in [9.17, 15) is 30.3 Å². The van der Waals surface area contributed by atoms with Crippen LogP contribution in [0.4, 0.5) is 17.1 Å². The summed E-state index contributed by atoms with van der Waals surface area (Å²) >= 11 is 6.26. The summed E-state index contributed by atoms with van der Waals surface area (Å²) < 4.78 is 5.25. The minimum atomic E-state index is -0.955. The third kappa shape index (κ3) is 5.11. The molecule has 2 rings (SSSR count). The first-order valence-electron chi connectivity index (χ1n) is 7.74. The molecule has 11 heteroatoms. The van der Waals surface area contributed by atoms with E-state index in [0.717, 1.165) is 5.56 Å². The second kappa shape index (κ2) is 8.90. The summed E-state index contributed by atoms with van der Waals surface area (Å²) in [5.41, 5.74) is -1.53. The van der Waals surface area contributed by atoms with Gasteiger partial charge in [-0.1, -0.05) is 30.3 Å². The maximum atomic E-state index is 11.2. The highest BCUT2D eigenvalue weighted by atomic mass is 35.5. The molecule has 0 fully saturated rings. The number of hydrogen-bond acceptors (Lipinski definition) is 7. The van der Waals surface area contributed by atoms with Gasteiger partial charge in [-0.2, -0.15) is 0 Å². The molecular formula is C16H14ClN3O7. The Hall–Kier alpha value is -3.27. The summed E-state index contributed by atoms with van der Waals surface area (Å²) in [6.07, 6.45) is 0.842. The monoisotopic (exact) mass is 395 g/mol. The fourth-order valence-electron chi connectivity index (χ4n) is 2.37. The van der Waals surface area contributed by atoms with Crippen LogP contribution in [-0.4, -0.2) is 21.4 Å². The van der Waals surface area contributed by atoms with Crippen molar-refractivity contribution in [2.24, 2.45) is 0 Å². The number of halogens is 1. The molecule has 27 heavy (non-hydrogen) atoms. The first-order valence-corrected chi connectivity index (χ1v) is 8.18. The molecule has 1 atom stereocenters. The number of benzene rings is 2. The number of ether oxygens (including phenoxy) is 1. The minimum absolute atomic E-state index is 0.0739. The Kier molecular flexibility index (Phi) is 6.61. The number of nitrogens with zero attached hydrogens (tertiary/aromatic N) is 3. The van der Waals surface area contributed by atoms with Gasteiger partial charge in [-0.3, -0.25) is 30.3 Å². The van der Waals surface area contributed by atoms with E-state index in [1.54, 1.807) is 0 Å². The van der Waals surface area contributed by atoms with Gasteiger partial charge in [-0.15, -0.1) is 11.6 Å². The predicted molar refractivity (Wildman–Crippen MR) is 96.2 cm³/mol. The summed E-state index contributed by atoms with van der Waals surface area (Å²) in [6, 6.07) is 10.5. The Morgan fingerprint density at radius 1 is 0.926 bits per heavy atom. The van der Waals surface area contributed by atoms with Crippen molar-refractivity contribution >= 4 is 28.7 Å². The molecule has 0 saturated carbocycles. The number of nitro benzene ring substituents is 3. The van der Waals surface area contributed by atoms with Gasteiger partial charge in [-0.05, 0) is 18.4 Å². The second-order valence-corrected chi connectivity index (χ2v) is 5.98. The molecule has 2 aromatic carbocycles. The minimum Gasteiger partial charge on any atom is -0.482 e. The van der Waals surface area contributed by atoms with Gasteiger partial charge < -0.3 is 4.74 Å².